The molecule has 0 saturated heterocycles. The van der Waals surface area contributed by atoms with E-state index in [1.807, 2.05) is 13.8 Å². The molecule has 4 nitrogen and oxygen atoms in total. The van der Waals surface area contributed by atoms with Crippen LogP contribution in [0, 0.1) is 5.82 Å². The van der Waals surface area contributed by atoms with E-state index in [9.17, 15) is 14.0 Å². The Bertz CT molecular complexity index is 488. The zero-order chi connectivity index (χ0) is 14.6. The molecule has 104 valence electrons. The lowest BCUT2D eigenvalue weighted by atomic mass is 10.1. The molecule has 1 rings (SSSR count). The number of hydrogen-bond donors (Lipinski definition) is 1. The molecule has 19 heavy (non-hydrogen) atoms. The highest BCUT2D eigenvalue weighted by Gasteiger charge is 2.20. The minimum Gasteiger partial charge on any atom is -0.478 e. The largest absolute Gasteiger partial charge is 0.478 e. The number of carbonyl (C=O) groups is 2. The lowest BCUT2D eigenvalue weighted by Gasteiger charge is -2.24. The van der Waals surface area contributed by atoms with Crippen LogP contribution in [0.15, 0.2) is 18.2 Å². The molecule has 0 bridgehead atoms. The van der Waals surface area contributed by atoms with Crippen LogP contribution in [-0.2, 0) is 0 Å². The summed E-state index contributed by atoms with van der Waals surface area (Å²) >= 11 is 0. The molecular formula is C14H18FNO3. The Labute approximate surface area is 111 Å². The van der Waals surface area contributed by atoms with Gasteiger partial charge in [0.2, 0.25) is 0 Å². The summed E-state index contributed by atoms with van der Waals surface area (Å²) in [6, 6.07) is 3.33. The Morgan fingerprint density at radius 3 is 2.53 bits per heavy atom. The van der Waals surface area contributed by atoms with E-state index >= 15 is 0 Å². The summed E-state index contributed by atoms with van der Waals surface area (Å²) < 4.78 is 13.8. The third-order valence-corrected chi connectivity index (χ3v) is 3.13. The average molecular weight is 267 g/mol. The van der Waals surface area contributed by atoms with Crippen molar-refractivity contribution in [1.29, 1.82) is 0 Å². The number of benzene rings is 1. The third-order valence-electron chi connectivity index (χ3n) is 3.13. The van der Waals surface area contributed by atoms with E-state index in [4.69, 9.17) is 5.11 Å². The zero-order valence-electron chi connectivity index (χ0n) is 11.3. The molecule has 0 fully saturated rings. The van der Waals surface area contributed by atoms with Gasteiger partial charge < -0.3 is 10.0 Å². The highest BCUT2D eigenvalue weighted by molar-refractivity contribution is 5.96. The van der Waals surface area contributed by atoms with E-state index in [-0.39, 0.29) is 17.2 Å². The van der Waals surface area contributed by atoms with Crippen molar-refractivity contribution >= 4 is 11.9 Å². The number of hydrogen-bond acceptors (Lipinski definition) is 2. The van der Waals surface area contributed by atoms with Gasteiger partial charge in [-0.05, 0) is 31.5 Å². The standard InChI is InChI=1S/C14H18FNO3/c1-4-5-9(2)16(3)13(17)11-7-6-10(14(18)19)8-12(11)15/h6-9H,4-5H2,1-3H3,(H,18,19). The van der Waals surface area contributed by atoms with Gasteiger partial charge in [-0.1, -0.05) is 13.3 Å². The Hall–Kier alpha value is -1.91. The van der Waals surface area contributed by atoms with Crippen LogP contribution in [0.1, 0.15) is 47.4 Å². The first-order valence-corrected chi connectivity index (χ1v) is 6.18. The molecule has 1 aromatic carbocycles. The monoisotopic (exact) mass is 267 g/mol. The van der Waals surface area contributed by atoms with Crippen LogP contribution in [0.25, 0.3) is 0 Å². The summed E-state index contributed by atoms with van der Waals surface area (Å²) in [5.41, 5.74) is -0.270. The number of carboxylic acids is 1. The molecule has 5 heteroatoms. The van der Waals surface area contributed by atoms with Crippen LogP contribution < -0.4 is 0 Å². The van der Waals surface area contributed by atoms with Gasteiger partial charge in [0.1, 0.15) is 5.82 Å². The van der Waals surface area contributed by atoms with Gasteiger partial charge in [0.25, 0.3) is 5.91 Å². The maximum absolute atomic E-state index is 13.8. The molecule has 0 aliphatic carbocycles. The smallest absolute Gasteiger partial charge is 0.335 e. The molecule has 1 amide bonds. The van der Waals surface area contributed by atoms with Crippen LogP contribution in [-0.4, -0.2) is 35.0 Å². The maximum Gasteiger partial charge on any atom is 0.335 e. The van der Waals surface area contributed by atoms with Crippen molar-refractivity contribution in [3.05, 3.63) is 35.1 Å². The summed E-state index contributed by atoms with van der Waals surface area (Å²) in [6.45, 7) is 3.90. The third kappa shape index (κ3) is 3.53. The normalized spacial score (nSPS) is 12.0. The predicted molar refractivity (Wildman–Crippen MR) is 69.8 cm³/mol. The minimum atomic E-state index is -1.22. The number of carboxylic acid groups (broad SMARTS) is 1. The second kappa shape index (κ2) is 6.31. The van der Waals surface area contributed by atoms with Crippen molar-refractivity contribution in [3.8, 4) is 0 Å². The van der Waals surface area contributed by atoms with Gasteiger partial charge in [0, 0.05) is 13.1 Å². The molecule has 0 aliphatic rings. The summed E-state index contributed by atoms with van der Waals surface area (Å²) in [6.07, 6.45) is 1.76. The quantitative estimate of drug-likeness (QED) is 0.892. The SMILES string of the molecule is CCCC(C)N(C)C(=O)c1ccc(C(=O)O)cc1F. The molecule has 0 radical (unpaired) electrons. The highest BCUT2D eigenvalue weighted by Crippen LogP contribution is 2.15. The van der Waals surface area contributed by atoms with Crippen LogP contribution in [0.3, 0.4) is 0 Å². The average Bonchev–Trinajstić information content (AvgIpc) is 2.37. The van der Waals surface area contributed by atoms with Gasteiger partial charge in [-0.3, -0.25) is 4.79 Å². The van der Waals surface area contributed by atoms with E-state index in [0.717, 1.165) is 18.9 Å². The summed E-state index contributed by atoms with van der Waals surface area (Å²) in [7, 11) is 1.62. The Kier molecular flexibility index (Phi) is 5.03. The maximum atomic E-state index is 13.8. The summed E-state index contributed by atoms with van der Waals surface area (Å²) in [5, 5.41) is 8.74. The van der Waals surface area contributed by atoms with Gasteiger partial charge in [-0.15, -0.1) is 0 Å². The van der Waals surface area contributed by atoms with Crippen LogP contribution in [0.2, 0.25) is 0 Å². The molecule has 0 aromatic heterocycles. The second-order valence-corrected chi connectivity index (χ2v) is 4.55. The van der Waals surface area contributed by atoms with E-state index in [0.29, 0.717) is 0 Å². The summed E-state index contributed by atoms with van der Waals surface area (Å²) in [4.78, 5) is 24.3. The minimum absolute atomic E-state index is 0.0102. The number of carbonyl (C=O) groups excluding carboxylic acids is 1. The van der Waals surface area contributed by atoms with E-state index in [1.54, 1.807) is 7.05 Å². The fourth-order valence-electron chi connectivity index (χ4n) is 1.82. The first-order valence-electron chi connectivity index (χ1n) is 6.18. The number of aromatic carboxylic acids is 1. The van der Waals surface area contributed by atoms with Gasteiger partial charge >= 0.3 is 5.97 Å². The van der Waals surface area contributed by atoms with Crippen molar-refractivity contribution in [1.82, 2.24) is 4.90 Å². The predicted octanol–water partition coefficient (Wildman–Crippen LogP) is 2.78. The first kappa shape index (κ1) is 15.1. The Morgan fingerprint density at radius 1 is 1.42 bits per heavy atom. The Balaban J connectivity index is 2.97. The summed E-state index contributed by atoms with van der Waals surface area (Å²) in [5.74, 6) is -2.46. The van der Waals surface area contributed by atoms with Crippen LogP contribution >= 0.6 is 0 Å². The molecule has 1 aromatic rings. The van der Waals surface area contributed by atoms with E-state index in [1.165, 1.54) is 17.0 Å². The number of halogens is 1. The van der Waals surface area contributed by atoms with Crippen molar-refractivity contribution in [2.45, 2.75) is 32.7 Å². The van der Waals surface area contributed by atoms with Crippen molar-refractivity contribution in [3.63, 3.8) is 0 Å². The molecular weight excluding hydrogens is 249 g/mol. The van der Waals surface area contributed by atoms with E-state index < -0.39 is 17.7 Å². The second-order valence-electron chi connectivity index (χ2n) is 4.55. The molecule has 0 saturated carbocycles. The number of amides is 1. The molecule has 1 N–H and O–H groups in total. The van der Waals surface area contributed by atoms with Crippen molar-refractivity contribution < 1.29 is 19.1 Å². The zero-order valence-corrected chi connectivity index (χ0v) is 11.3. The highest BCUT2D eigenvalue weighted by atomic mass is 19.1. The van der Waals surface area contributed by atoms with Gasteiger partial charge in [0.05, 0.1) is 11.1 Å². The Morgan fingerprint density at radius 2 is 2.05 bits per heavy atom. The fraction of sp³-hybridized carbons (Fsp3) is 0.429. The lowest BCUT2D eigenvalue weighted by molar-refractivity contribution is 0.0690. The topological polar surface area (TPSA) is 57.6 Å². The van der Waals surface area contributed by atoms with Crippen molar-refractivity contribution in [2.24, 2.45) is 0 Å². The first-order chi connectivity index (χ1) is 8.88. The number of rotatable bonds is 5. The fourth-order valence-corrected chi connectivity index (χ4v) is 1.82. The number of nitrogens with zero attached hydrogens (tertiary/aromatic N) is 1. The molecule has 0 heterocycles. The van der Waals surface area contributed by atoms with Gasteiger partial charge in [-0.2, -0.15) is 0 Å². The molecule has 0 spiro atoms. The molecule has 1 unspecified atom stereocenters. The van der Waals surface area contributed by atoms with E-state index in [2.05, 4.69) is 0 Å². The van der Waals surface area contributed by atoms with Crippen LogP contribution in [0.5, 0.6) is 0 Å². The molecule has 0 aliphatic heterocycles. The van der Waals surface area contributed by atoms with Gasteiger partial charge in [0.15, 0.2) is 0 Å². The van der Waals surface area contributed by atoms with Crippen LogP contribution in [0.4, 0.5) is 4.39 Å². The van der Waals surface area contributed by atoms with Gasteiger partial charge in [-0.25, -0.2) is 9.18 Å². The van der Waals surface area contributed by atoms with Crippen molar-refractivity contribution in [2.75, 3.05) is 7.05 Å². The molecule has 1 atom stereocenters. The lowest BCUT2D eigenvalue weighted by Crippen LogP contribution is -2.35.